The number of rotatable bonds is 6. The molecule has 6 nitrogen and oxygen atoms in total. The number of piperidine rings is 1. The van der Waals surface area contributed by atoms with Crippen molar-refractivity contribution in [1.82, 2.24) is 9.80 Å². The number of phenols is 1. The number of aryl methyl sites for hydroxylation is 1. The molecule has 1 amide bonds. The third-order valence-electron chi connectivity index (χ3n) is 5.95. The van der Waals surface area contributed by atoms with Gasteiger partial charge in [-0.15, -0.1) is 0 Å². The van der Waals surface area contributed by atoms with E-state index in [2.05, 4.69) is 4.90 Å². The van der Waals surface area contributed by atoms with Gasteiger partial charge in [0.05, 0.1) is 6.04 Å². The monoisotopic (exact) mass is 374 g/mol. The topological polar surface area (TPSA) is 81.1 Å². The Morgan fingerprint density at radius 1 is 1.04 bits per heavy atom. The molecule has 2 aliphatic rings. The Kier molecular flexibility index (Phi) is 6.72. The highest BCUT2D eigenvalue weighted by Gasteiger charge is 2.34. The van der Waals surface area contributed by atoms with Crippen LogP contribution in [0.2, 0.25) is 0 Å². The maximum absolute atomic E-state index is 12.8. The number of phenolic OH excluding ortho intramolecular Hbond substituents is 1. The Balaban J connectivity index is 1.49. The number of carbonyl (C=O) groups is 2. The highest BCUT2D eigenvalue weighted by atomic mass is 16.4. The van der Waals surface area contributed by atoms with Crippen molar-refractivity contribution in [3.63, 3.8) is 0 Å². The molecule has 0 aliphatic carbocycles. The molecule has 2 N–H and O–H groups in total. The third kappa shape index (κ3) is 5.45. The van der Waals surface area contributed by atoms with E-state index in [1.54, 1.807) is 12.1 Å². The minimum absolute atomic E-state index is 0.00237. The lowest BCUT2D eigenvalue weighted by atomic mass is 9.89. The van der Waals surface area contributed by atoms with Gasteiger partial charge in [0.1, 0.15) is 12.3 Å². The highest BCUT2D eigenvalue weighted by molar-refractivity contribution is 5.85. The van der Waals surface area contributed by atoms with Crippen LogP contribution < -0.4 is 0 Å². The van der Waals surface area contributed by atoms with E-state index in [0.29, 0.717) is 18.2 Å². The molecule has 2 aliphatic heterocycles. The van der Waals surface area contributed by atoms with Crippen molar-refractivity contribution in [3.8, 4) is 5.75 Å². The Morgan fingerprint density at radius 2 is 1.74 bits per heavy atom. The number of carboxylic acid groups (broad SMARTS) is 1. The summed E-state index contributed by atoms with van der Waals surface area (Å²) in [6, 6.07) is 7.28. The van der Waals surface area contributed by atoms with Crippen LogP contribution >= 0.6 is 0 Å². The van der Waals surface area contributed by atoms with E-state index in [0.717, 1.165) is 58.0 Å². The van der Waals surface area contributed by atoms with E-state index in [1.807, 2.05) is 12.1 Å². The zero-order valence-electron chi connectivity index (χ0n) is 15.8. The second kappa shape index (κ2) is 9.22. The second-order valence-electron chi connectivity index (χ2n) is 7.85. The zero-order chi connectivity index (χ0) is 19.2. The normalized spacial score (nSPS) is 22.6. The van der Waals surface area contributed by atoms with E-state index in [1.165, 1.54) is 10.5 Å². The SMILES string of the molecule is O=C(O)CN1CCCCC(N2CCC(CCc3ccc(O)cc3)CC2)C1=O. The Bertz CT molecular complexity index is 638. The van der Waals surface area contributed by atoms with Crippen molar-refractivity contribution in [2.75, 3.05) is 26.2 Å². The summed E-state index contributed by atoms with van der Waals surface area (Å²) in [5, 5.41) is 18.4. The quantitative estimate of drug-likeness (QED) is 0.800. The van der Waals surface area contributed by atoms with Gasteiger partial charge in [-0.05, 0) is 81.6 Å². The van der Waals surface area contributed by atoms with Crippen LogP contribution in [-0.2, 0) is 16.0 Å². The molecule has 148 valence electrons. The lowest BCUT2D eigenvalue weighted by Gasteiger charge is -2.37. The Hall–Kier alpha value is -2.08. The summed E-state index contributed by atoms with van der Waals surface area (Å²) >= 11 is 0. The van der Waals surface area contributed by atoms with Crippen molar-refractivity contribution in [2.24, 2.45) is 5.92 Å². The molecule has 0 radical (unpaired) electrons. The van der Waals surface area contributed by atoms with Gasteiger partial charge in [0, 0.05) is 6.54 Å². The van der Waals surface area contributed by atoms with E-state index in [4.69, 9.17) is 5.11 Å². The molecule has 3 rings (SSSR count). The molecular formula is C21H30N2O4. The molecule has 2 heterocycles. The van der Waals surface area contributed by atoms with Crippen LogP contribution in [0.25, 0.3) is 0 Å². The summed E-state index contributed by atoms with van der Waals surface area (Å²) in [4.78, 5) is 27.6. The van der Waals surface area contributed by atoms with Gasteiger partial charge in [-0.1, -0.05) is 12.1 Å². The number of carbonyl (C=O) groups excluding carboxylic acids is 1. The zero-order valence-corrected chi connectivity index (χ0v) is 15.8. The lowest BCUT2D eigenvalue weighted by Crippen LogP contribution is -2.51. The van der Waals surface area contributed by atoms with Crippen LogP contribution in [-0.4, -0.2) is 64.1 Å². The molecule has 0 bridgehead atoms. The summed E-state index contributed by atoms with van der Waals surface area (Å²) in [6.45, 7) is 2.21. The molecule has 0 aromatic heterocycles. The predicted molar refractivity (Wildman–Crippen MR) is 103 cm³/mol. The van der Waals surface area contributed by atoms with Gasteiger partial charge in [0.2, 0.25) is 5.91 Å². The number of benzene rings is 1. The number of carboxylic acids is 1. The van der Waals surface area contributed by atoms with Crippen LogP contribution in [0, 0.1) is 5.92 Å². The molecule has 1 atom stereocenters. The van der Waals surface area contributed by atoms with Gasteiger partial charge in [-0.3, -0.25) is 14.5 Å². The molecule has 1 unspecified atom stereocenters. The molecule has 1 aromatic carbocycles. The number of likely N-dealkylation sites (tertiary alicyclic amines) is 2. The van der Waals surface area contributed by atoms with Crippen molar-refractivity contribution < 1.29 is 19.8 Å². The van der Waals surface area contributed by atoms with Gasteiger partial charge in [-0.2, -0.15) is 0 Å². The molecule has 2 fully saturated rings. The molecular weight excluding hydrogens is 344 g/mol. The maximum atomic E-state index is 12.8. The number of aliphatic carboxylic acids is 1. The van der Waals surface area contributed by atoms with Crippen molar-refractivity contribution >= 4 is 11.9 Å². The number of hydrogen-bond acceptors (Lipinski definition) is 4. The number of amides is 1. The van der Waals surface area contributed by atoms with Gasteiger partial charge >= 0.3 is 5.97 Å². The van der Waals surface area contributed by atoms with Gasteiger partial charge in [0.25, 0.3) is 0 Å². The summed E-state index contributed by atoms with van der Waals surface area (Å²) in [6.07, 6.45) is 7.02. The maximum Gasteiger partial charge on any atom is 0.323 e. The van der Waals surface area contributed by atoms with Crippen molar-refractivity contribution in [3.05, 3.63) is 29.8 Å². The number of hydrogen-bond donors (Lipinski definition) is 2. The molecule has 2 saturated heterocycles. The van der Waals surface area contributed by atoms with Crippen LogP contribution in [0.1, 0.15) is 44.1 Å². The van der Waals surface area contributed by atoms with Crippen molar-refractivity contribution in [2.45, 2.75) is 51.0 Å². The van der Waals surface area contributed by atoms with Crippen LogP contribution in [0.15, 0.2) is 24.3 Å². The molecule has 0 spiro atoms. The molecule has 27 heavy (non-hydrogen) atoms. The predicted octanol–water partition coefficient (Wildman–Crippen LogP) is 2.50. The van der Waals surface area contributed by atoms with Gasteiger partial charge in [-0.25, -0.2) is 0 Å². The van der Waals surface area contributed by atoms with Crippen LogP contribution in [0.5, 0.6) is 5.75 Å². The molecule has 6 heteroatoms. The fourth-order valence-electron chi connectivity index (χ4n) is 4.33. The third-order valence-corrected chi connectivity index (χ3v) is 5.95. The summed E-state index contributed by atoms with van der Waals surface area (Å²) in [5.74, 6) is 0.0255. The van der Waals surface area contributed by atoms with Gasteiger partial charge in [0.15, 0.2) is 0 Å². The average Bonchev–Trinajstić information content (AvgIpc) is 2.83. The first kappa shape index (κ1) is 19.7. The smallest absolute Gasteiger partial charge is 0.323 e. The largest absolute Gasteiger partial charge is 0.508 e. The van der Waals surface area contributed by atoms with Crippen LogP contribution in [0.3, 0.4) is 0 Å². The summed E-state index contributed by atoms with van der Waals surface area (Å²) in [5.41, 5.74) is 1.25. The lowest BCUT2D eigenvalue weighted by molar-refractivity contribution is -0.146. The first-order chi connectivity index (χ1) is 13.0. The van der Waals surface area contributed by atoms with Crippen molar-refractivity contribution in [1.29, 1.82) is 0 Å². The highest BCUT2D eigenvalue weighted by Crippen LogP contribution is 2.27. The minimum Gasteiger partial charge on any atom is -0.508 e. The molecule has 0 saturated carbocycles. The second-order valence-corrected chi connectivity index (χ2v) is 7.85. The fourth-order valence-corrected chi connectivity index (χ4v) is 4.33. The fraction of sp³-hybridized carbons (Fsp3) is 0.619. The van der Waals surface area contributed by atoms with E-state index in [9.17, 15) is 14.7 Å². The minimum atomic E-state index is -0.933. The first-order valence-electron chi connectivity index (χ1n) is 10.1. The van der Waals surface area contributed by atoms with E-state index in [-0.39, 0.29) is 18.5 Å². The Labute approximate surface area is 160 Å². The van der Waals surface area contributed by atoms with Gasteiger partial charge < -0.3 is 15.1 Å². The average molecular weight is 374 g/mol. The summed E-state index contributed by atoms with van der Waals surface area (Å²) < 4.78 is 0. The Morgan fingerprint density at radius 3 is 2.41 bits per heavy atom. The van der Waals surface area contributed by atoms with E-state index < -0.39 is 5.97 Å². The molecule has 1 aromatic rings. The number of nitrogens with zero attached hydrogens (tertiary/aromatic N) is 2. The number of aromatic hydroxyl groups is 1. The summed E-state index contributed by atoms with van der Waals surface area (Å²) in [7, 11) is 0. The first-order valence-corrected chi connectivity index (χ1v) is 10.1. The van der Waals surface area contributed by atoms with E-state index >= 15 is 0 Å². The standard InChI is InChI=1S/C21H30N2O4/c24-18-8-6-16(7-9-18)4-5-17-10-13-22(14-11-17)19-3-1-2-12-23(21(19)27)15-20(25)26/h6-9,17,19,24H,1-5,10-15H2,(H,25,26). The van der Waals surface area contributed by atoms with Crippen LogP contribution in [0.4, 0.5) is 0 Å².